The molecule has 0 aliphatic carbocycles. The lowest BCUT2D eigenvalue weighted by molar-refractivity contribution is -0.149. The van der Waals surface area contributed by atoms with E-state index in [0.717, 1.165) is 0 Å². The van der Waals surface area contributed by atoms with Crippen molar-refractivity contribution < 1.29 is 18.7 Å². The topological polar surface area (TPSA) is 55.4 Å². The Bertz CT molecular complexity index is 1020. The molecule has 6 heteroatoms. The van der Waals surface area contributed by atoms with Gasteiger partial charge in [0.15, 0.2) is 0 Å². The third-order valence-electron chi connectivity index (χ3n) is 3.99. The van der Waals surface area contributed by atoms with E-state index in [9.17, 15) is 14.0 Å². The number of nitrogens with one attached hydrogen (secondary N) is 1. The van der Waals surface area contributed by atoms with Crippen LogP contribution in [0, 0.1) is 5.82 Å². The quantitative estimate of drug-likeness (QED) is 0.437. The van der Waals surface area contributed by atoms with Crippen molar-refractivity contribution in [3.05, 3.63) is 107 Å². The van der Waals surface area contributed by atoms with Crippen molar-refractivity contribution in [2.75, 3.05) is 5.32 Å². The van der Waals surface area contributed by atoms with Gasteiger partial charge < -0.3 is 10.1 Å². The van der Waals surface area contributed by atoms with Crippen LogP contribution in [0.15, 0.2) is 84.9 Å². The summed E-state index contributed by atoms with van der Waals surface area (Å²) in [5.74, 6) is -1.67. The smallest absolute Gasteiger partial charge is 0.331 e. The zero-order valence-electron chi connectivity index (χ0n) is 15.2. The van der Waals surface area contributed by atoms with E-state index < -0.39 is 23.8 Å². The molecule has 3 aromatic rings. The van der Waals surface area contributed by atoms with Gasteiger partial charge in [0.1, 0.15) is 5.82 Å². The minimum absolute atomic E-state index is 0.389. The molecule has 3 rings (SSSR count). The molecule has 0 spiro atoms. The number of halogens is 2. The van der Waals surface area contributed by atoms with E-state index in [1.54, 1.807) is 54.6 Å². The van der Waals surface area contributed by atoms with Crippen LogP contribution in [0.1, 0.15) is 17.2 Å². The summed E-state index contributed by atoms with van der Waals surface area (Å²) in [6.07, 6.45) is 1.55. The van der Waals surface area contributed by atoms with Gasteiger partial charge in [-0.2, -0.15) is 0 Å². The zero-order chi connectivity index (χ0) is 20.6. The Labute approximate surface area is 172 Å². The highest BCUT2D eigenvalue weighted by Gasteiger charge is 2.24. The predicted molar refractivity (Wildman–Crippen MR) is 111 cm³/mol. The lowest BCUT2D eigenvalue weighted by Crippen LogP contribution is -2.25. The van der Waals surface area contributed by atoms with Gasteiger partial charge >= 0.3 is 5.97 Å². The van der Waals surface area contributed by atoms with Gasteiger partial charge in [-0.25, -0.2) is 9.18 Å². The number of anilines is 1. The summed E-state index contributed by atoms with van der Waals surface area (Å²) < 4.78 is 18.5. The number of hydrogen-bond donors (Lipinski definition) is 1. The van der Waals surface area contributed by atoms with Crippen molar-refractivity contribution in [3.63, 3.8) is 0 Å². The molecule has 3 aromatic carbocycles. The highest BCUT2D eigenvalue weighted by atomic mass is 35.5. The van der Waals surface area contributed by atoms with E-state index in [4.69, 9.17) is 16.3 Å². The number of hydrogen-bond acceptors (Lipinski definition) is 3. The maximum Gasteiger partial charge on any atom is 0.331 e. The van der Waals surface area contributed by atoms with Crippen molar-refractivity contribution >= 4 is 35.2 Å². The van der Waals surface area contributed by atoms with Crippen LogP contribution in [0.2, 0.25) is 5.02 Å². The van der Waals surface area contributed by atoms with Gasteiger partial charge in [0.2, 0.25) is 6.10 Å². The number of carbonyl (C=O) groups excluding carboxylic acids is 2. The minimum Gasteiger partial charge on any atom is -0.444 e. The summed E-state index contributed by atoms with van der Waals surface area (Å²) in [6, 6.07) is 21.0. The first kappa shape index (κ1) is 20.3. The molecule has 0 saturated carbocycles. The maximum absolute atomic E-state index is 13.1. The van der Waals surface area contributed by atoms with Crippen LogP contribution in [0.3, 0.4) is 0 Å². The van der Waals surface area contributed by atoms with Gasteiger partial charge in [-0.1, -0.05) is 60.1 Å². The van der Waals surface area contributed by atoms with Gasteiger partial charge in [-0.15, -0.1) is 0 Å². The molecule has 0 aromatic heterocycles. The van der Waals surface area contributed by atoms with Crippen molar-refractivity contribution in [3.8, 4) is 0 Å². The average Bonchev–Trinajstić information content (AvgIpc) is 2.73. The van der Waals surface area contributed by atoms with E-state index >= 15 is 0 Å². The van der Waals surface area contributed by atoms with Crippen LogP contribution in [-0.2, 0) is 14.3 Å². The number of ether oxygens (including phenoxy) is 1. The molecule has 0 heterocycles. The van der Waals surface area contributed by atoms with Gasteiger partial charge in [0.05, 0.1) is 0 Å². The molecule has 0 radical (unpaired) electrons. The summed E-state index contributed by atoms with van der Waals surface area (Å²) in [6.45, 7) is 0. The van der Waals surface area contributed by atoms with Crippen LogP contribution in [0.5, 0.6) is 0 Å². The lowest BCUT2D eigenvalue weighted by Gasteiger charge is -2.17. The molecule has 0 aliphatic rings. The Hall–Kier alpha value is -3.44. The van der Waals surface area contributed by atoms with Crippen LogP contribution < -0.4 is 5.32 Å². The molecule has 0 saturated heterocycles. The first-order chi connectivity index (χ1) is 14.0. The Morgan fingerprint density at radius 3 is 2.28 bits per heavy atom. The van der Waals surface area contributed by atoms with Crippen LogP contribution in [0.25, 0.3) is 6.08 Å². The molecular weight excluding hydrogens is 393 g/mol. The lowest BCUT2D eigenvalue weighted by atomic mass is 10.1. The van der Waals surface area contributed by atoms with Crippen molar-refractivity contribution in [1.29, 1.82) is 0 Å². The second-order valence-electron chi connectivity index (χ2n) is 6.08. The van der Waals surface area contributed by atoms with Crippen molar-refractivity contribution in [2.24, 2.45) is 0 Å². The monoisotopic (exact) mass is 409 g/mol. The Morgan fingerprint density at radius 2 is 1.59 bits per heavy atom. The molecule has 1 amide bonds. The predicted octanol–water partition coefficient (Wildman–Crippen LogP) is 5.42. The minimum atomic E-state index is -1.18. The summed E-state index contributed by atoms with van der Waals surface area (Å²) in [4.78, 5) is 25.1. The fraction of sp³-hybridized carbons (Fsp3) is 0.0435. The van der Waals surface area contributed by atoms with Gasteiger partial charge in [-0.3, -0.25) is 4.79 Å². The van der Waals surface area contributed by atoms with Crippen molar-refractivity contribution in [1.82, 2.24) is 0 Å². The van der Waals surface area contributed by atoms with E-state index in [-0.39, 0.29) is 0 Å². The summed E-state index contributed by atoms with van der Waals surface area (Å²) >= 11 is 6.07. The Kier molecular flexibility index (Phi) is 6.76. The number of rotatable bonds is 6. The summed E-state index contributed by atoms with van der Waals surface area (Å²) in [5, 5.41) is 3.12. The molecule has 0 bridgehead atoms. The third kappa shape index (κ3) is 5.77. The third-order valence-corrected chi connectivity index (χ3v) is 4.33. The number of amides is 1. The second kappa shape index (κ2) is 9.66. The molecular formula is C23H17ClFNO3. The average molecular weight is 410 g/mol. The van der Waals surface area contributed by atoms with Gasteiger partial charge in [0, 0.05) is 22.3 Å². The first-order valence-electron chi connectivity index (χ1n) is 8.77. The Morgan fingerprint density at radius 1 is 0.931 bits per heavy atom. The largest absolute Gasteiger partial charge is 0.444 e. The first-order valence-corrected chi connectivity index (χ1v) is 9.15. The number of carbonyl (C=O) groups is 2. The van der Waals surface area contributed by atoms with E-state index in [1.165, 1.54) is 36.4 Å². The van der Waals surface area contributed by atoms with E-state index in [1.807, 2.05) is 0 Å². The van der Waals surface area contributed by atoms with E-state index in [2.05, 4.69) is 5.32 Å². The maximum atomic E-state index is 13.1. The van der Waals surface area contributed by atoms with Crippen LogP contribution in [-0.4, -0.2) is 11.9 Å². The number of esters is 1. The van der Waals surface area contributed by atoms with E-state index in [0.29, 0.717) is 21.8 Å². The summed E-state index contributed by atoms with van der Waals surface area (Å²) in [5.41, 5.74) is 1.55. The Balaban J connectivity index is 1.76. The molecule has 0 aliphatic heterocycles. The SMILES string of the molecule is O=C(/C=C/c1ccccc1Cl)O[C@H](C(=O)Nc1ccc(F)cc1)c1ccccc1. The second-order valence-corrected chi connectivity index (χ2v) is 6.49. The summed E-state index contributed by atoms with van der Waals surface area (Å²) in [7, 11) is 0. The number of benzene rings is 3. The molecule has 0 fully saturated rings. The highest BCUT2D eigenvalue weighted by Crippen LogP contribution is 2.21. The molecule has 29 heavy (non-hydrogen) atoms. The molecule has 1 N–H and O–H groups in total. The zero-order valence-corrected chi connectivity index (χ0v) is 16.0. The van der Waals surface area contributed by atoms with Gasteiger partial charge in [-0.05, 0) is 42.0 Å². The highest BCUT2D eigenvalue weighted by molar-refractivity contribution is 6.32. The normalized spacial score (nSPS) is 11.8. The molecule has 146 valence electrons. The fourth-order valence-corrected chi connectivity index (χ4v) is 2.76. The molecule has 1 atom stereocenters. The standard InChI is InChI=1S/C23H17ClFNO3/c24-20-9-5-4-6-16(20)10-15-21(27)29-22(17-7-2-1-3-8-17)23(28)26-19-13-11-18(25)12-14-19/h1-15,22H,(H,26,28)/b15-10+/t22-/m0/s1. The van der Waals surface area contributed by atoms with Crippen LogP contribution >= 0.6 is 11.6 Å². The van der Waals surface area contributed by atoms with Crippen LogP contribution in [0.4, 0.5) is 10.1 Å². The van der Waals surface area contributed by atoms with Crippen molar-refractivity contribution in [2.45, 2.75) is 6.10 Å². The van der Waals surface area contributed by atoms with Gasteiger partial charge in [0.25, 0.3) is 5.91 Å². The fourth-order valence-electron chi connectivity index (χ4n) is 2.57. The molecule has 0 unspecified atom stereocenters. The molecule has 4 nitrogen and oxygen atoms in total.